The van der Waals surface area contributed by atoms with E-state index in [0.717, 1.165) is 23.1 Å². The monoisotopic (exact) mass is 433 g/mol. The van der Waals surface area contributed by atoms with Gasteiger partial charge in [-0.3, -0.25) is 19.3 Å². The van der Waals surface area contributed by atoms with Crippen LogP contribution < -0.4 is 16.0 Å². The van der Waals surface area contributed by atoms with Crippen molar-refractivity contribution in [2.45, 2.75) is 46.2 Å². The summed E-state index contributed by atoms with van der Waals surface area (Å²) in [6.07, 6.45) is 0.203. The summed E-state index contributed by atoms with van der Waals surface area (Å²) < 4.78 is 0. The first-order valence-corrected chi connectivity index (χ1v) is 10.4. The molecule has 2 heterocycles. The molecule has 1 atom stereocenters. The Balaban J connectivity index is 0.000000735. The minimum Gasteiger partial charge on any atom is -0.481 e. The average Bonchev–Trinajstić information content (AvgIpc) is 3.33. The van der Waals surface area contributed by atoms with E-state index in [9.17, 15) is 9.59 Å². The highest BCUT2D eigenvalue weighted by atomic mass is 32.1. The molecule has 1 aromatic carbocycles. The van der Waals surface area contributed by atoms with Crippen molar-refractivity contribution in [2.75, 3.05) is 11.4 Å². The molecule has 1 saturated heterocycles. The van der Waals surface area contributed by atoms with E-state index in [1.54, 1.807) is 4.90 Å². The number of hydrogen-bond acceptors (Lipinski definition) is 7. The number of amides is 2. The Labute approximate surface area is 179 Å². The number of benzene rings is 1. The molecule has 1 aliphatic heterocycles. The molecule has 30 heavy (non-hydrogen) atoms. The number of hydrogen-bond donors (Lipinski definition) is 3. The number of carbonyl (C=O) groups is 3. The van der Waals surface area contributed by atoms with Gasteiger partial charge in [0.25, 0.3) is 5.97 Å². The summed E-state index contributed by atoms with van der Waals surface area (Å²) in [6, 6.07) is 7.79. The Kier molecular flexibility index (Phi) is 8.43. The molecule has 0 saturated carbocycles. The van der Waals surface area contributed by atoms with Gasteiger partial charge in [0.1, 0.15) is 5.01 Å². The van der Waals surface area contributed by atoms with E-state index in [4.69, 9.17) is 15.6 Å². The summed E-state index contributed by atoms with van der Waals surface area (Å²) in [4.78, 5) is 35.3. The summed E-state index contributed by atoms with van der Waals surface area (Å²) >= 11 is 1.41. The van der Waals surface area contributed by atoms with Gasteiger partial charge in [-0.1, -0.05) is 49.4 Å². The number of nitrogens with zero attached hydrogens (tertiary/aromatic N) is 3. The number of nitrogens with two attached hydrogens (primary N) is 1. The van der Waals surface area contributed by atoms with Crippen LogP contribution in [-0.4, -0.2) is 39.6 Å². The number of carboxylic acid groups (broad SMARTS) is 1. The molecule has 0 radical (unpaired) electrons. The van der Waals surface area contributed by atoms with Crippen LogP contribution in [0.5, 0.6) is 0 Å². The maximum Gasteiger partial charge on any atom is 0.300 e. The van der Waals surface area contributed by atoms with Crippen LogP contribution in [0.15, 0.2) is 24.3 Å². The highest BCUT2D eigenvalue weighted by Crippen LogP contribution is 2.30. The van der Waals surface area contributed by atoms with Crippen LogP contribution in [0.1, 0.15) is 49.2 Å². The molecular formula is C20H27N5O4S. The summed E-state index contributed by atoms with van der Waals surface area (Å²) in [7, 11) is 0. The minimum atomic E-state index is -0.833. The molecule has 4 N–H and O–H groups in total. The third-order valence-electron chi connectivity index (χ3n) is 4.38. The molecule has 0 bridgehead atoms. The Morgan fingerprint density at radius 1 is 1.27 bits per heavy atom. The number of carbonyl (C=O) groups excluding carboxylic acids is 2. The topological polar surface area (TPSA) is 139 Å². The number of rotatable bonds is 6. The molecule has 1 aromatic heterocycles. The predicted octanol–water partition coefficient (Wildman–Crippen LogP) is 1.88. The van der Waals surface area contributed by atoms with Crippen LogP contribution >= 0.6 is 11.3 Å². The van der Waals surface area contributed by atoms with Crippen LogP contribution in [0, 0.1) is 5.92 Å². The molecular weight excluding hydrogens is 406 g/mol. The molecule has 0 aliphatic carbocycles. The highest BCUT2D eigenvalue weighted by Gasteiger charge is 2.36. The normalized spacial score (nSPS) is 15.7. The van der Waals surface area contributed by atoms with Crippen LogP contribution in [0.25, 0.3) is 0 Å². The smallest absolute Gasteiger partial charge is 0.300 e. The summed E-state index contributed by atoms with van der Waals surface area (Å²) in [5.41, 5.74) is 7.63. The number of anilines is 1. The molecule has 3 rings (SSSR count). The lowest BCUT2D eigenvalue weighted by molar-refractivity contribution is -0.134. The molecule has 162 valence electrons. The van der Waals surface area contributed by atoms with E-state index in [-0.39, 0.29) is 30.1 Å². The molecule has 10 heteroatoms. The molecule has 1 fully saturated rings. The van der Waals surface area contributed by atoms with E-state index < -0.39 is 5.97 Å². The van der Waals surface area contributed by atoms with Crippen molar-refractivity contribution in [3.63, 3.8) is 0 Å². The van der Waals surface area contributed by atoms with Gasteiger partial charge in [0, 0.05) is 38.9 Å². The van der Waals surface area contributed by atoms with E-state index in [1.165, 1.54) is 11.3 Å². The molecule has 2 aromatic rings. The van der Waals surface area contributed by atoms with Crippen molar-refractivity contribution in [3.05, 3.63) is 40.4 Å². The fourth-order valence-corrected chi connectivity index (χ4v) is 3.64. The van der Waals surface area contributed by atoms with Crippen LogP contribution in [0.2, 0.25) is 0 Å². The molecule has 9 nitrogen and oxygen atoms in total. The second-order valence-corrected chi connectivity index (χ2v) is 8.23. The lowest BCUT2D eigenvalue weighted by Crippen LogP contribution is -2.32. The van der Waals surface area contributed by atoms with E-state index >= 15 is 0 Å². The van der Waals surface area contributed by atoms with Gasteiger partial charge in [0.2, 0.25) is 16.9 Å². The number of nitrogens with one attached hydrogen (secondary N) is 1. The fourth-order valence-electron chi connectivity index (χ4n) is 2.76. The third kappa shape index (κ3) is 6.60. The molecule has 1 aliphatic rings. The summed E-state index contributed by atoms with van der Waals surface area (Å²) in [5.74, 6) is -1.12. The quantitative estimate of drug-likeness (QED) is 0.632. The highest BCUT2D eigenvalue weighted by molar-refractivity contribution is 7.15. The average molecular weight is 434 g/mol. The Hall–Kier alpha value is -2.85. The van der Waals surface area contributed by atoms with Gasteiger partial charge in [0.05, 0.1) is 5.92 Å². The van der Waals surface area contributed by atoms with Gasteiger partial charge in [-0.25, -0.2) is 0 Å². The Morgan fingerprint density at radius 2 is 1.87 bits per heavy atom. The van der Waals surface area contributed by atoms with Crippen LogP contribution in [-0.2, 0) is 27.5 Å². The lowest BCUT2D eigenvalue weighted by Gasteiger charge is -2.13. The zero-order valence-electron chi connectivity index (χ0n) is 17.3. The second kappa shape index (κ2) is 10.8. The first kappa shape index (κ1) is 23.4. The van der Waals surface area contributed by atoms with Crippen molar-refractivity contribution in [1.29, 1.82) is 0 Å². The van der Waals surface area contributed by atoms with Crippen molar-refractivity contribution in [3.8, 4) is 0 Å². The van der Waals surface area contributed by atoms with Crippen molar-refractivity contribution >= 4 is 34.3 Å². The Morgan fingerprint density at radius 3 is 2.40 bits per heavy atom. The maximum atomic E-state index is 12.4. The van der Waals surface area contributed by atoms with Gasteiger partial charge in [-0.2, -0.15) is 0 Å². The van der Waals surface area contributed by atoms with Gasteiger partial charge in [0.15, 0.2) is 0 Å². The maximum absolute atomic E-state index is 12.4. The van der Waals surface area contributed by atoms with Gasteiger partial charge in [-0.05, 0) is 11.1 Å². The molecule has 0 spiro atoms. The molecule has 2 amide bonds. The van der Waals surface area contributed by atoms with E-state index in [0.29, 0.717) is 24.8 Å². The van der Waals surface area contributed by atoms with E-state index in [2.05, 4.69) is 15.5 Å². The van der Waals surface area contributed by atoms with Crippen molar-refractivity contribution in [2.24, 2.45) is 11.7 Å². The Bertz CT molecular complexity index is 878. The second-order valence-electron chi connectivity index (χ2n) is 7.24. The van der Waals surface area contributed by atoms with Gasteiger partial charge >= 0.3 is 0 Å². The third-order valence-corrected chi connectivity index (χ3v) is 5.62. The number of aliphatic carboxylic acids is 1. The predicted molar refractivity (Wildman–Crippen MR) is 114 cm³/mol. The summed E-state index contributed by atoms with van der Waals surface area (Å²) in [6.45, 7) is 6.43. The largest absolute Gasteiger partial charge is 0.481 e. The lowest BCUT2D eigenvalue weighted by atomic mass is 10.1. The first-order valence-electron chi connectivity index (χ1n) is 9.60. The van der Waals surface area contributed by atoms with Crippen molar-refractivity contribution in [1.82, 2.24) is 15.5 Å². The van der Waals surface area contributed by atoms with Crippen LogP contribution in [0.4, 0.5) is 5.13 Å². The fraction of sp³-hybridized carbons (Fsp3) is 0.450. The van der Waals surface area contributed by atoms with Crippen LogP contribution in [0.3, 0.4) is 0 Å². The van der Waals surface area contributed by atoms with Gasteiger partial charge in [-0.15, -0.1) is 10.2 Å². The SMILES string of the molecule is CC(=O)O.CC(C)c1nnc(N2CC(C(=O)NCc3ccc(CN)cc3)CC2=O)s1. The van der Waals surface area contributed by atoms with Gasteiger partial charge < -0.3 is 16.2 Å². The van der Waals surface area contributed by atoms with E-state index in [1.807, 2.05) is 38.1 Å². The zero-order chi connectivity index (χ0) is 22.3. The standard InChI is InChI=1S/C18H23N5O2S.C2H4O2/c1-11(2)17-21-22-18(26-17)23-10-14(7-15(23)24)16(25)20-9-13-5-3-12(8-19)4-6-13;1-2(3)4/h3-6,11,14H,7-10,19H2,1-2H3,(H,20,25);1H3,(H,3,4). The summed E-state index contributed by atoms with van der Waals surface area (Å²) in [5, 5.41) is 20.0. The number of carboxylic acids is 1. The first-order chi connectivity index (χ1) is 14.2. The molecule has 1 unspecified atom stereocenters. The van der Waals surface area contributed by atoms with Crippen molar-refractivity contribution < 1.29 is 19.5 Å². The minimum absolute atomic E-state index is 0.0797. The zero-order valence-corrected chi connectivity index (χ0v) is 18.1. The number of aromatic nitrogens is 2.